The maximum absolute atomic E-state index is 13.4. The molecule has 0 aliphatic rings. The van der Waals surface area contributed by atoms with Crippen molar-refractivity contribution in [1.82, 2.24) is 0 Å². The number of rotatable bonds is 5. The molecule has 1 unspecified atom stereocenters. The lowest BCUT2D eigenvalue weighted by molar-refractivity contribution is -0.387. The Morgan fingerprint density at radius 2 is 2.17 bits per heavy atom. The van der Waals surface area contributed by atoms with Crippen molar-refractivity contribution in [1.29, 1.82) is 5.41 Å². The molecule has 18 heavy (non-hydrogen) atoms. The van der Waals surface area contributed by atoms with E-state index in [4.69, 9.17) is 15.9 Å². The van der Waals surface area contributed by atoms with Gasteiger partial charge in [-0.25, -0.2) is 4.39 Å². The lowest BCUT2D eigenvalue weighted by Crippen LogP contribution is -2.32. The molecule has 1 aromatic carbocycles. The summed E-state index contributed by atoms with van der Waals surface area (Å²) in [5.74, 6) is -3.14. The summed E-state index contributed by atoms with van der Waals surface area (Å²) in [4.78, 5) is 9.34. The Labute approximate surface area is 101 Å². The molecule has 0 saturated heterocycles. The van der Waals surface area contributed by atoms with Crippen LogP contribution in [0.1, 0.15) is 13.3 Å². The molecule has 0 bridgehead atoms. The van der Waals surface area contributed by atoms with Gasteiger partial charge >= 0.3 is 5.69 Å². The van der Waals surface area contributed by atoms with Crippen LogP contribution in [0.15, 0.2) is 12.1 Å². The summed E-state index contributed by atoms with van der Waals surface area (Å²) in [6.45, 7) is 1.64. The lowest BCUT2D eigenvalue weighted by Gasteiger charge is -2.16. The fraction of sp³-hybridized carbons (Fsp3) is 0.300. The molecule has 1 aromatic rings. The van der Waals surface area contributed by atoms with Crippen LogP contribution < -0.4 is 10.5 Å². The lowest BCUT2D eigenvalue weighted by atomic mass is 10.2. The van der Waals surface area contributed by atoms with E-state index in [1.807, 2.05) is 0 Å². The van der Waals surface area contributed by atoms with Crippen molar-refractivity contribution in [3.63, 3.8) is 0 Å². The summed E-state index contributed by atoms with van der Waals surface area (Å²) in [5.41, 5.74) is 4.22. The van der Waals surface area contributed by atoms with Crippen molar-refractivity contribution >= 4 is 11.5 Å². The van der Waals surface area contributed by atoms with E-state index in [0.29, 0.717) is 12.1 Å². The molecule has 8 heteroatoms. The van der Waals surface area contributed by atoms with Gasteiger partial charge in [0.2, 0.25) is 5.82 Å². The van der Waals surface area contributed by atoms with Crippen LogP contribution in [0.25, 0.3) is 0 Å². The summed E-state index contributed by atoms with van der Waals surface area (Å²) in [5, 5.41) is 17.5. The largest absolute Gasteiger partial charge is 0.479 e. The molecule has 0 heterocycles. The van der Waals surface area contributed by atoms with Gasteiger partial charge in [0.15, 0.2) is 17.7 Å². The number of nitrogens with zero attached hydrogens (tertiary/aromatic N) is 1. The number of ether oxygens (including phenoxy) is 1. The number of benzene rings is 1. The number of nitro groups is 1. The van der Waals surface area contributed by atoms with E-state index in [0.717, 1.165) is 0 Å². The zero-order chi connectivity index (χ0) is 13.9. The first-order valence-electron chi connectivity index (χ1n) is 5.00. The van der Waals surface area contributed by atoms with Gasteiger partial charge in [0.25, 0.3) is 0 Å². The third-order valence-electron chi connectivity index (χ3n) is 2.18. The molecule has 1 rings (SSSR count). The number of nitro benzene ring substituents is 1. The number of hydrogen-bond donors (Lipinski definition) is 2. The average Bonchev–Trinajstić information content (AvgIpc) is 2.28. The molecule has 0 aliphatic heterocycles. The third-order valence-corrected chi connectivity index (χ3v) is 2.18. The Balaban J connectivity index is 3.08. The van der Waals surface area contributed by atoms with Crippen LogP contribution >= 0.6 is 0 Å². The van der Waals surface area contributed by atoms with Gasteiger partial charge in [-0.15, -0.1) is 0 Å². The predicted molar refractivity (Wildman–Crippen MR) is 59.6 cm³/mol. The number of hydrogen-bond acceptors (Lipinski definition) is 4. The van der Waals surface area contributed by atoms with Crippen LogP contribution in [0.5, 0.6) is 5.75 Å². The summed E-state index contributed by atoms with van der Waals surface area (Å²) < 4.78 is 31.7. The van der Waals surface area contributed by atoms with E-state index in [-0.39, 0.29) is 12.3 Å². The van der Waals surface area contributed by atoms with Crippen molar-refractivity contribution < 1.29 is 18.4 Å². The van der Waals surface area contributed by atoms with E-state index >= 15 is 0 Å². The first kappa shape index (κ1) is 13.8. The molecule has 6 nitrogen and oxygen atoms in total. The monoisotopic (exact) mass is 259 g/mol. The molecule has 1 atom stereocenters. The van der Waals surface area contributed by atoms with E-state index in [1.54, 1.807) is 6.92 Å². The minimum absolute atomic E-state index is 0.285. The molecule has 3 N–H and O–H groups in total. The summed E-state index contributed by atoms with van der Waals surface area (Å²) in [6, 6.07) is 0.997. The molecule has 0 spiro atoms. The van der Waals surface area contributed by atoms with Crippen LogP contribution in [-0.4, -0.2) is 16.9 Å². The molecule has 0 fully saturated rings. The molecule has 0 saturated carbocycles. The highest BCUT2D eigenvalue weighted by atomic mass is 19.1. The Morgan fingerprint density at radius 1 is 1.56 bits per heavy atom. The SMILES string of the molecule is CCC(Oc1cc(F)c([N+](=O)[O-])cc1F)C(=N)N. The van der Waals surface area contributed by atoms with Gasteiger partial charge in [0.05, 0.1) is 11.0 Å². The second-order valence-electron chi connectivity index (χ2n) is 3.46. The molecule has 98 valence electrons. The van der Waals surface area contributed by atoms with E-state index in [9.17, 15) is 18.9 Å². The number of nitrogens with one attached hydrogen (secondary N) is 1. The normalized spacial score (nSPS) is 11.9. The fourth-order valence-corrected chi connectivity index (χ4v) is 1.27. The van der Waals surface area contributed by atoms with Gasteiger partial charge < -0.3 is 10.5 Å². The highest BCUT2D eigenvalue weighted by Gasteiger charge is 2.21. The molecular formula is C10H11F2N3O3. The smallest absolute Gasteiger partial charge is 0.307 e. The zero-order valence-corrected chi connectivity index (χ0v) is 9.44. The molecule has 0 aromatic heterocycles. The zero-order valence-electron chi connectivity index (χ0n) is 9.44. The Kier molecular flexibility index (Phi) is 4.13. The van der Waals surface area contributed by atoms with Crippen LogP contribution in [-0.2, 0) is 0 Å². The first-order valence-corrected chi connectivity index (χ1v) is 5.00. The van der Waals surface area contributed by atoms with E-state index in [2.05, 4.69) is 0 Å². The fourth-order valence-electron chi connectivity index (χ4n) is 1.27. The van der Waals surface area contributed by atoms with Crippen LogP contribution in [0, 0.1) is 27.2 Å². The Morgan fingerprint density at radius 3 is 2.61 bits per heavy atom. The van der Waals surface area contributed by atoms with Crippen LogP contribution in [0.3, 0.4) is 0 Å². The van der Waals surface area contributed by atoms with Gasteiger partial charge in [-0.1, -0.05) is 6.92 Å². The molecule has 0 amide bonds. The maximum atomic E-state index is 13.4. The topological polar surface area (TPSA) is 102 Å². The minimum Gasteiger partial charge on any atom is -0.479 e. The molecule has 0 aliphatic carbocycles. The highest BCUT2D eigenvalue weighted by Crippen LogP contribution is 2.27. The quantitative estimate of drug-likeness (QED) is 0.365. The average molecular weight is 259 g/mol. The second-order valence-corrected chi connectivity index (χ2v) is 3.46. The Bertz CT molecular complexity index is 494. The van der Waals surface area contributed by atoms with Crippen molar-refractivity contribution in [3.05, 3.63) is 33.9 Å². The van der Waals surface area contributed by atoms with Crippen molar-refractivity contribution in [2.24, 2.45) is 5.73 Å². The van der Waals surface area contributed by atoms with Gasteiger partial charge in [-0.3, -0.25) is 15.5 Å². The standard InChI is InChI=1S/C10H11F2N3O3/c1-2-8(10(13)14)18-9-4-5(11)7(15(16)17)3-6(9)12/h3-4,8H,2H2,1H3,(H3,13,14). The van der Waals surface area contributed by atoms with E-state index in [1.165, 1.54) is 0 Å². The van der Waals surface area contributed by atoms with E-state index < -0.39 is 34.1 Å². The summed E-state index contributed by atoms with van der Waals surface area (Å²) in [6.07, 6.45) is -0.617. The Hall–Kier alpha value is -2.25. The third kappa shape index (κ3) is 2.90. The second kappa shape index (κ2) is 5.39. The highest BCUT2D eigenvalue weighted by molar-refractivity contribution is 5.82. The number of nitrogens with two attached hydrogens (primary N) is 1. The van der Waals surface area contributed by atoms with Gasteiger partial charge in [-0.05, 0) is 6.42 Å². The van der Waals surface area contributed by atoms with Crippen molar-refractivity contribution in [3.8, 4) is 5.75 Å². The van der Waals surface area contributed by atoms with Gasteiger partial charge in [0, 0.05) is 6.07 Å². The summed E-state index contributed by atoms with van der Waals surface area (Å²) >= 11 is 0. The van der Waals surface area contributed by atoms with Crippen LogP contribution in [0.2, 0.25) is 0 Å². The molecule has 0 radical (unpaired) electrons. The minimum atomic E-state index is -1.21. The number of amidine groups is 1. The summed E-state index contributed by atoms with van der Waals surface area (Å²) in [7, 11) is 0. The maximum Gasteiger partial charge on any atom is 0.307 e. The first-order chi connectivity index (χ1) is 8.36. The number of halogens is 2. The predicted octanol–water partition coefficient (Wildman–Crippen LogP) is 1.97. The van der Waals surface area contributed by atoms with Crippen LogP contribution in [0.4, 0.5) is 14.5 Å². The van der Waals surface area contributed by atoms with Crippen molar-refractivity contribution in [2.45, 2.75) is 19.4 Å². The molecular weight excluding hydrogens is 248 g/mol. The van der Waals surface area contributed by atoms with Crippen molar-refractivity contribution in [2.75, 3.05) is 0 Å². The van der Waals surface area contributed by atoms with Gasteiger partial charge in [0.1, 0.15) is 5.84 Å². The van der Waals surface area contributed by atoms with Gasteiger partial charge in [-0.2, -0.15) is 4.39 Å².